The number of likely N-dealkylation sites (N-methyl/N-ethyl adjacent to an activating group) is 1. The van der Waals surface area contributed by atoms with Crippen LogP contribution >= 0.6 is 0 Å². The van der Waals surface area contributed by atoms with Gasteiger partial charge in [0.15, 0.2) is 11.8 Å². The lowest BCUT2D eigenvalue weighted by molar-refractivity contribution is -0.908. The molecule has 1 amide bonds. The normalized spacial score (nSPS) is 13.1. The number of nitrogens with one attached hydrogen (secondary N) is 2. The Kier molecular flexibility index (Phi) is 5.76. The van der Waals surface area contributed by atoms with Crippen LogP contribution in [0.15, 0.2) is 34.7 Å². The van der Waals surface area contributed by atoms with Crippen LogP contribution in [0.5, 0.6) is 5.75 Å². The summed E-state index contributed by atoms with van der Waals surface area (Å²) < 4.78 is 10.7. The minimum Gasteiger partial charge on any atom is -0.495 e. The SMILES string of the molecule is COc1ccc([N+](=O)[O-])cc1NC(=O)[C@H](C)[NH+](C)Cc1ccc(C)o1. The highest BCUT2D eigenvalue weighted by molar-refractivity contribution is 5.95. The number of rotatable bonds is 7. The van der Waals surface area contributed by atoms with Gasteiger partial charge in [0.05, 0.1) is 24.8 Å². The molecule has 2 N–H and O–H groups in total. The Morgan fingerprint density at radius 2 is 2.12 bits per heavy atom. The molecule has 0 fully saturated rings. The van der Waals surface area contributed by atoms with E-state index in [2.05, 4.69) is 5.32 Å². The number of benzene rings is 1. The lowest BCUT2D eigenvalue weighted by Crippen LogP contribution is -3.12. The van der Waals surface area contributed by atoms with E-state index in [0.717, 1.165) is 16.4 Å². The van der Waals surface area contributed by atoms with Gasteiger partial charge in [0, 0.05) is 12.1 Å². The minimum absolute atomic E-state index is 0.115. The van der Waals surface area contributed by atoms with E-state index in [1.807, 2.05) is 26.1 Å². The van der Waals surface area contributed by atoms with E-state index in [0.29, 0.717) is 12.3 Å². The van der Waals surface area contributed by atoms with Crippen LogP contribution in [0.3, 0.4) is 0 Å². The molecular formula is C17H22N3O5+. The molecule has 0 aliphatic heterocycles. The topological polar surface area (TPSA) is 99.0 Å². The van der Waals surface area contributed by atoms with Gasteiger partial charge in [-0.1, -0.05) is 0 Å². The van der Waals surface area contributed by atoms with Gasteiger partial charge in [0.2, 0.25) is 0 Å². The molecule has 1 aromatic carbocycles. The summed E-state index contributed by atoms with van der Waals surface area (Å²) >= 11 is 0. The molecule has 0 spiro atoms. The molecule has 0 radical (unpaired) electrons. The number of nitro groups is 1. The van der Waals surface area contributed by atoms with E-state index in [-0.39, 0.29) is 17.3 Å². The molecule has 2 aromatic rings. The Morgan fingerprint density at radius 1 is 1.40 bits per heavy atom. The first-order valence-electron chi connectivity index (χ1n) is 7.82. The molecule has 8 heteroatoms. The zero-order chi connectivity index (χ0) is 18.6. The molecule has 0 saturated carbocycles. The summed E-state index contributed by atoms with van der Waals surface area (Å²) in [7, 11) is 3.32. The van der Waals surface area contributed by atoms with Crippen LogP contribution in [0.4, 0.5) is 11.4 Å². The molecule has 2 atom stereocenters. The summed E-state index contributed by atoms with van der Waals surface area (Å²) in [5, 5.41) is 13.6. The van der Waals surface area contributed by atoms with E-state index in [9.17, 15) is 14.9 Å². The predicted octanol–water partition coefficient (Wildman–Crippen LogP) is 1.55. The summed E-state index contributed by atoms with van der Waals surface area (Å²) in [6.45, 7) is 4.20. The van der Waals surface area contributed by atoms with E-state index < -0.39 is 11.0 Å². The van der Waals surface area contributed by atoms with Crippen molar-refractivity contribution in [1.29, 1.82) is 0 Å². The van der Waals surface area contributed by atoms with Gasteiger partial charge in [-0.2, -0.15) is 0 Å². The van der Waals surface area contributed by atoms with E-state index in [1.54, 1.807) is 6.92 Å². The van der Waals surface area contributed by atoms with Crippen LogP contribution in [-0.2, 0) is 11.3 Å². The van der Waals surface area contributed by atoms with Crippen LogP contribution in [-0.4, -0.2) is 31.0 Å². The van der Waals surface area contributed by atoms with Gasteiger partial charge in [0.25, 0.3) is 11.6 Å². The molecule has 1 aromatic heterocycles. The third-order valence-electron chi connectivity index (χ3n) is 4.03. The summed E-state index contributed by atoms with van der Waals surface area (Å²) in [5.74, 6) is 1.72. The largest absolute Gasteiger partial charge is 0.495 e. The lowest BCUT2D eigenvalue weighted by Gasteiger charge is -2.20. The smallest absolute Gasteiger partial charge is 0.282 e. The number of quaternary nitrogens is 1. The number of nitro benzene ring substituents is 1. The number of hydrogen-bond donors (Lipinski definition) is 2. The molecule has 0 bridgehead atoms. The Hall–Kier alpha value is -2.87. The third kappa shape index (κ3) is 4.57. The highest BCUT2D eigenvalue weighted by Gasteiger charge is 2.24. The van der Waals surface area contributed by atoms with Crippen LogP contribution < -0.4 is 15.0 Å². The van der Waals surface area contributed by atoms with Crippen molar-refractivity contribution in [2.45, 2.75) is 26.4 Å². The van der Waals surface area contributed by atoms with Gasteiger partial charge in [-0.3, -0.25) is 14.9 Å². The average molecular weight is 348 g/mol. The number of non-ortho nitro benzene ring substituents is 1. The van der Waals surface area contributed by atoms with Crippen LogP contribution in [0.1, 0.15) is 18.4 Å². The molecule has 134 valence electrons. The van der Waals surface area contributed by atoms with Crippen molar-refractivity contribution >= 4 is 17.3 Å². The van der Waals surface area contributed by atoms with Gasteiger partial charge in [-0.05, 0) is 32.0 Å². The first-order chi connectivity index (χ1) is 11.8. The van der Waals surface area contributed by atoms with Crippen molar-refractivity contribution in [3.8, 4) is 5.75 Å². The summed E-state index contributed by atoms with van der Waals surface area (Å²) in [4.78, 5) is 23.8. The zero-order valence-corrected chi connectivity index (χ0v) is 14.7. The fourth-order valence-electron chi connectivity index (χ4n) is 2.38. The quantitative estimate of drug-likeness (QED) is 0.584. The molecule has 1 unspecified atom stereocenters. The first-order valence-corrected chi connectivity index (χ1v) is 7.82. The molecule has 0 aliphatic rings. The fourth-order valence-corrected chi connectivity index (χ4v) is 2.38. The van der Waals surface area contributed by atoms with Crippen molar-refractivity contribution in [2.24, 2.45) is 0 Å². The number of carbonyl (C=O) groups excluding carboxylic acids is 1. The first kappa shape index (κ1) is 18.5. The molecule has 0 saturated heterocycles. The maximum Gasteiger partial charge on any atom is 0.282 e. The van der Waals surface area contributed by atoms with E-state index >= 15 is 0 Å². The minimum atomic E-state index is -0.519. The number of amides is 1. The summed E-state index contributed by atoms with van der Waals surface area (Å²) in [5.41, 5.74) is 0.158. The number of carbonyl (C=O) groups is 1. The van der Waals surface area contributed by atoms with Crippen LogP contribution in [0.25, 0.3) is 0 Å². The molecular weight excluding hydrogens is 326 g/mol. The highest BCUT2D eigenvalue weighted by Crippen LogP contribution is 2.28. The second-order valence-corrected chi connectivity index (χ2v) is 5.89. The number of methoxy groups -OCH3 is 1. The van der Waals surface area contributed by atoms with Crippen molar-refractivity contribution < 1.29 is 23.8 Å². The molecule has 8 nitrogen and oxygen atoms in total. The van der Waals surface area contributed by atoms with Crippen molar-refractivity contribution in [2.75, 3.05) is 19.5 Å². The van der Waals surface area contributed by atoms with Crippen molar-refractivity contribution in [3.63, 3.8) is 0 Å². The molecule has 2 rings (SSSR count). The monoisotopic (exact) mass is 348 g/mol. The van der Waals surface area contributed by atoms with Gasteiger partial charge in [-0.25, -0.2) is 0 Å². The number of hydrogen-bond acceptors (Lipinski definition) is 5. The number of aryl methyl sites for hydroxylation is 1. The maximum atomic E-state index is 12.5. The van der Waals surface area contributed by atoms with Crippen molar-refractivity contribution in [1.82, 2.24) is 0 Å². The van der Waals surface area contributed by atoms with Crippen LogP contribution in [0.2, 0.25) is 0 Å². The molecule has 25 heavy (non-hydrogen) atoms. The summed E-state index contributed by atoms with van der Waals surface area (Å²) in [6, 6.07) is 7.44. The molecule has 1 heterocycles. The number of furan rings is 1. The highest BCUT2D eigenvalue weighted by atomic mass is 16.6. The Bertz CT molecular complexity index is 771. The second kappa shape index (κ2) is 7.80. The maximum absolute atomic E-state index is 12.5. The lowest BCUT2D eigenvalue weighted by atomic mass is 10.2. The van der Waals surface area contributed by atoms with Crippen molar-refractivity contribution in [3.05, 3.63) is 52.0 Å². The zero-order valence-electron chi connectivity index (χ0n) is 14.7. The standard InChI is InChI=1S/C17H21N3O5/c1-11-5-7-14(25-11)10-19(3)12(2)17(21)18-15-9-13(20(22)23)6-8-16(15)24-4/h5-9,12H,10H2,1-4H3,(H,18,21)/p+1/t12-/m0/s1. The second-order valence-electron chi connectivity index (χ2n) is 5.89. The summed E-state index contributed by atoms with van der Waals surface area (Å²) in [6.07, 6.45) is 0. The Labute approximate surface area is 145 Å². The van der Waals surface area contributed by atoms with Gasteiger partial charge >= 0.3 is 0 Å². The van der Waals surface area contributed by atoms with E-state index in [4.69, 9.17) is 9.15 Å². The number of ether oxygens (including phenoxy) is 1. The van der Waals surface area contributed by atoms with Gasteiger partial charge in [0.1, 0.15) is 18.1 Å². The average Bonchev–Trinajstić information content (AvgIpc) is 2.98. The Morgan fingerprint density at radius 3 is 2.68 bits per heavy atom. The molecule has 0 aliphatic carbocycles. The fraction of sp³-hybridized carbons (Fsp3) is 0.353. The van der Waals surface area contributed by atoms with Gasteiger partial charge < -0.3 is 19.4 Å². The van der Waals surface area contributed by atoms with E-state index in [1.165, 1.54) is 25.3 Å². The Balaban J connectivity index is 2.09. The number of nitrogens with zero attached hydrogens (tertiary/aromatic N) is 1. The van der Waals surface area contributed by atoms with Gasteiger partial charge in [-0.15, -0.1) is 0 Å². The predicted molar refractivity (Wildman–Crippen MR) is 91.8 cm³/mol. The number of anilines is 1. The van der Waals surface area contributed by atoms with Crippen LogP contribution in [0, 0.1) is 17.0 Å². The third-order valence-corrected chi connectivity index (χ3v) is 4.03.